The first-order chi connectivity index (χ1) is 8.69. The zero-order chi connectivity index (χ0) is 13.0. The van der Waals surface area contributed by atoms with Crippen LogP contribution in [0.3, 0.4) is 0 Å². The van der Waals surface area contributed by atoms with E-state index in [0.717, 1.165) is 0 Å². The van der Waals surface area contributed by atoms with Gasteiger partial charge in [0.1, 0.15) is 5.75 Å². The van der Waals surface area contributed by atoms with Gasteiger partial charge in [-0.15, -0.1) is 0 Å². The molecular formula is C12H10ClNO3S. The van der Waals surface area contributed by atoms with E-state index in [0.29, 0.717) is 22.6 Å². The lowest BCUT2D eigenvalue weighted by Gasteiger charge is -2.01. The Morgan fingerprint density at radius 1 is 1.50 bits per heavy atom. The molecule has 0 aliphatic carbocycles. The van der Waals surface area contributed by atoms with Crippen molar-refractivity contribution in [3.63, 3.8) is 0 Å². The maximum atomic E-state index is 11.4. The fourth-order valence-electron chi connectivity index (χ4n) is 1.23. The third kappa shape index (κ3) is 3.21. The predicted octanol–water partition coefficient (Wildman–Crippen LogP) is 3.77. The molecule has 0 spiro atoms. The molecule has 0 radical (unpaired) electrons. The topological polar surface area (TPSA) is 48.4 Å². The number of hydrogen-bond donors (Lipinski definition) is 0. The van der Waals surface area contributed by atoms with Crippen LogP contribution in [0.2, 0.25) is 5.02 Å². The number of carbonyl (C=O) groups excluding carboxylic acids is 1. The average molecular weight is 284 g/mol. The minimum absolute atomic E-state index is 0.249. The lowest BCUT2D eigenvalue weighted by Crippen LogP contribution is -2.04. The third-order valence-corrected chi connectivity index (χ3v) is 2.92. The first-order valence-corrected chi connectivity index (χ1v) is 6.51. The number of nitrogens with zero attached hydrogens (tertiary/aromatic N) is 1. The summed E-state index contributed by atoms with van der Waals surface area (Å²) in [5.41, 5.74) is 0.249. The second kappa shape index (κ2) is 5.84. The van der Waals surface area contributed by atoms with Crippen LogP contribution in [0.5, 0.6) is 10.9 Å². The van der Waals surface area contributed by atoms with E-state index in [1.54, 1.807) is 36.6 Å². The number of ether oxygens (including phenoxy) is 2. The molecule has 0 bridgehead atoms. The van der Waals surface area contributed by atoms with Gasteiger partial charge in [-0.05, 0) is 25.1 Å². The Hall–Kier alpha value is -1.59. The summed E-state index contributed by atoms with van der Waals surface area (Å²) in [6.45, 7) is 2.06. The highest BCUT2D eigenvalue weighted by Crippen LogP contribution is 2.27. The van der Waals surface area contributed by atoms with Gasteiger partial charge < -0.3 is 9.47 Å². The molecule has 0 N–H and O–H groups in total. The highest BCUT2D eigenvalue weighted by molar-refractivity contribution is 7.11. The molecule has 0 saturated heterocycles. The van der Waals surface area contributed by atoms with E-state index < -0.39 is 5.97 Å². The van der Waals surface area contributed by atoms with Crippen LogP contribution in [0.4, 0.5) is 0 Å². The number of benzene rings is 1. The summed E-state index contributed by atoms with van der Waals surface area (Å²) in [6, 6.07) is 6.96. The minimum Gasteiger partial charge on any atom is -0.461 e. The second-order valence-corrected chi connectivity index (χ2v) is 4.54. The van der Waals surface area contributed by atoms with Gasteiger partial charge in [-0.3, -0.25) is 0 Å². The van der Waals surface area contributed by atoms with Crippen LogP contribution in [-0.2, 0) is 4.74 Å². The number of rotatable bonds is 4. The molecule has 2 rings (SSSR count). The summed E-state index contributed by atoms with van der Waals surface area (Å²) in [5, 5.41) is 2.55. The molecule has 0 fully saturated rings. The maximum absolute atomic E-state index is 11.4. The van der Waals surface area contributed by atoms with Crippen molar-refractivity contribution in [1.82, 2.24) is 4.98 Å². The Kier molecular flexibility index (Phi) is 4.17. The van der Waals surface area contributed by atoms with Crippen molar-refractivity contribution in [3.8, 4) is 10.9 Å². The lowest BCUT2D eigenvalue weighted by molar-refractivity contribution is 0.0520. The number of carbonyl (C=O) groups is 1. The van der Waals surface area contributed by atoms with E-state index in [4.69, 9.17) is 21.1 Å². The van der Waals surface area contributed by atoms with Gasteiger partial charge in [-0.1, -0.05) is 29.0 Å². The van der Waals surface area contributed by atoms with Crippen molar-refractivity contribution in [3.05, 3.63) is 40.4 Å². The lowest BCUT2D eigenvalue weighted by atomic mass is 10.3. The molecule has 2 aromatic rings. The van der Waals surface area contributed by atoms with Crippen LogP contribution in [0.1, 0.15) is 17.4 Å². The average Bonchev–Trinajstić information content (AvgIpc) is 2.78. The van der Waals surface area contributed by atoms with Crippen LogP contribution in [0, 0.1) is 0 Å². The molecule has 1 aromatic carbocycles. The van der Waals surface area contributed by atoms with E-state index in [1.807, 2.05) is 0 Å². The third-order valence-electron chi connectivity index (χ3n) is 1.97. The second-order valence-electron chi connectivity index (χ2n) is 3.28. The quantitative estimate of drug-likeness (QED) is 0.802. The van der Waals surface area contributed by atoms with E-state index in [-0.39, 0.29) is 5.69 Å². The van der Waals surface area contributed by atoms with E-state index in [1.165, 1.54) is 11.3 Å². The zero-order valence-electron chi connectivity index (χ0n) is 9.55. The Labute approximate surface area is 113 Å². The summed E-state index contributed by atoms with van der Waals surface area (Å²) in [5.74, 6) is 0.127. The summed E-state index contributed by atoms with van der Waals surface area (Å²) in [7, 11) is 0. The molecule has 1 heterocycles. The SMILES string of the molecule is CCOC(=O)c1csc(Oc2cccc(Cl)c2)n1. The Morgan fingerprint density at radius 2 is 2.33 bits per heavy atom. The van der Waals surface area contributed by atoms with Crippen molar-refractivity contribution >= 4 is 28.9 Å². The number of thiazole rings is 1. The monoisotopic (exact) mass is 283 g/mol. The van der Waals surface area contributed by atoms with E-state index in [2.05, 4.69) is 4.98 Å². The molecule has 0 saturated carbocycles. The molecule has 0 amide bonds. The molecule has 0 aliphatic rings. The fraction of sp³-hybridized carbons (Fsp3) is 0.167. The van der Waals surface area contributed by atoms with Crippen LogP contribution in [0.25, 0.3) is 0 Å². The Bertz CT molecular complexity index is 556. The molecule has 18 heavy (non-hydrogen) atoms. The standard InChI is InChI=1S/C12H10ClNO3S/c1-2-16-11(15)10-7-18-12(14-10)17-9-5-3-4-8(13)6-9/h3-7H,2H2,1H3. The van der Waals surface area contributed by atoms with Gasteiger partial charge in [0.25, 0.3) is 5.19 Å². The molecule has 6 heteroatoms. The molecule has 0 unspecified atom stereocenters. The zero-order valence-corrected chi connectivity index (χ0v) is 11.1. The van der Waals surface area contributed by atoms with Gasteiger partial charge in [-0.2, -0.15) is 4.98 Å². The van der Waals surface area contributed by atoms with E-state index in [9.17, 15) is 4.79 Å². The van der Waals surface area contributed by atoms with Crippen molar-refractivity contribution in [2.24, 2.45) is 0 Å². The molecule has 0 atom stereocenters. The van der Waals surface area contributed by atoms with Crippen LogP contribution < -0.4 is 4.74 Å². The summed E-state index contributed by atoms with van der Waals surface area (Å²) in [4.78, 5) is 15.4. The normalized spacial score (nSPS) is 10.1. The van der Waals surface area contributed by atoms with Gasteiger partial charge in [0.15, 0.2) is 5.69 Å². The molecule has 4 nitrogen and oxygen atoms in total. The number of hydrogen-bond acceptors (Lipinski definition) is 5. The summed E-state index contributed by atoms with van der Waals surface area (Å²) < 4.78 is 10.3. The van der Waals surface area contributed by atoms with Gasteiger partial charge in [-0.25, -0.2) is 4.79 Å². The van der Waals surface area contributed by atoms with Gasteiger partial charge in [0.05, 0.1) is 6.61 Å². The fourth-order valence-corrected chi connectivity index (χ4v) is 2.07. The molecular weight excluding hydrogens is 274 g/mol. The van der Waals surface area contributed by atoms with Crippen molar-refractivity contribution in [2.45, 2.75) is 6.92 Å². The van der Waals surface area contributed by atoms with Crippen molar-refractivity contribution in [2.75, 3.05) is 6.61 Å². The molecule has 0 aliphatic heterocycles. The van der Waals surface area contributed by atoms with Crippen molar-refractivity contribution in [1.29, 1.82) is 0 Å². The van der Waals surface area contributed by atoms with Gasteiger partial charge >= 0.3 is 5.97 Å². The first-order valence-electron chi connectivity index (χ1n) is 5.25. The molecule has 94 valence electrons. The van der Waals surface area contributed by atoms with Crippen LogP contribution in [-0.4, -0.2) is 17.6 Å². The van der Waals surface area contributed by atoms with Crippen molar-refractivity contribution < 1.29 is 14.3 Å². The van der Waals surface area contributed by atoms with E-state index >= 15 is 0 Å². The van der Waals surface area contributed by atoms with Crippen LogP contribution >= 0.6 is 22.9 Å². The Balaban J connectivity index is 2.09. The predicted molar refractivity (Wildman–Crippen MR) is 69.6 cm³/mol. The highest BCUT2D eigenvalue weighted by atomic mass is 35.5. The number of esters is 1. The maximum Gasteiger partial charge on any atom is 0.357 e. The summed E-state index contributed by atoms with van der Waals surface area (Å²) in [6.07, 6.45) is 0. The largest absolute Gasteiger partial charge is 0.461 e. The highest BCUT2D eigenvalue weighted by Gasteiger charge is 2.12. The van der Waals surface area contributed by atoms with Gasteiger partial charge in [0, 0.05) is 10.4 Å². The minimum atomic E-state index is -0.449. The van der Waals surface area contributed by atoms with Crippen LogP contribution in [0.15, 0.2) is 29.6 Å². The molecule has 1 aromatic heterocycles. The number of aromatic nitrogens is 1. The van der Waals surface area contributed by atoms with Gasteiger partial charge in [0.2, 0.25) is 0 Å². The number of halogens is 1. The summed E-state index contributed by atoms with van der Waals surface area (Å²) >= 11 is 7.06. The Morgan fingerprint density at radius 3 is 3.06 bits per heavy atom. The smallest absolute Gasteiger partial charge is 0.357 e. The first kappa shape index (κ1) is 12.9.